The van der Waals surface area contributed by atoms with Gasteiger partial charge in [0.25, 0.3) is 15.2 Å². The van der Waals surface area contributed by atoms with Crippen LogP contribution < -0.4 is 0 Å². The van der Waals surface area contributed by atoms with Crippen LogP contribution in [0.5, 0.6) is 0 Å². The second kappa shape index (κ2) is 10.5. The number of ether oxygens (including phenoxy) is 2. The first kappa shape index (κ1) is 17.8. The molecule has 0 bridgehead atoms. The van der Waals surface area contributed by atoms with Crippen LogP contribution in [0, 0.1) is 0 Å². The number of rotatable bonds is 9. The summed E-state index contributed by atoms with van der Waals surface area (Å²) in [5.74, 6) is 2.10. The molecule has 0 radical (unpaired) electrons. The molecule has 0 aliphatic heterocycles. The van der Waals surface area contributed by atoms with Crippen molar-refractivity contribution in [3.63, 3.8) is 0 Å². The quantitative estimate of drug-likeness (QED) is 0.230. The first-order valence-electron chi connectivity index (χ1n) is 7.73. The van der Waals surface area contributed by atoms with Crippen molar-refractivity contribution in [2.24, 2.45) is 0 Å². The van der Waals surface area contributed by atoms with Gasteiger partial charge < -0.3 is 9.47 Å². The minimum Gasteiger partial charge on any atom is -0.490 e. The predicted octanol–water partition coefficient (Wildman–Crippen LogP) is 3.61. The Balaban J connectivity index is 2.63. The average molecular weight is 304 g/mol. The van der Waals surface area contributed by atoms with Crippen LogP contribution in [0.3, 0.4) is 0 Å². The largest absolute Gasteiger partial charge is 0.490 e. The van der Waals surface area contributed by atoms with Gasteiger partial charge in [0, 0.05) is 4.97 Å². The molecular weight excluding hydrogens is 279 g/mol. The molecule has 1 atom stereocenters. The predicted molar refractivity (Wildman–Crippen MR) is 88.5 cm³/mol. The van der Waals surface area contributed by atoms with Crippen molar-refractivity contribution >= 4 is 27.3 Å². The molecule has 0 heterocycles. The first-order valence-corrected chi connectivity index (χ1v) is 9.96. The zero-order valence-corrected chi connectivity index (χ0v) is 14.7. The van der Waals surface area contributed by atoms with Crippen LogP contribution in [0.4, 0.5) is 0 Å². The zero-order valence-electron chi connectivity index (χ0n) is 13.3. The number of hydrogen-bond acceptors (Lipinski definition) is 3. The smallest absolute Gasteiger partial charge is 0.372 e. The SMILES string of the molecule is CCCCC[CH](OC(=O)C(=Cc1ccccc1)OC)[AlH][CH3]. The Morgan fingerprint density at radius 3 is 2.57 bits per heavy atom. The van der Waals surface area contributed by atoms with Gasteiger partial charge >= 0.3 is 5.97 Å². The molecule has 0 spiro atoms. The summed E-state index contributed by atoms with van der Waals surface area (Å²) in [6, 6.07) is 9.65. The fourth-order valence-electron chi connectivity index (χ4n) is 2.08. The van der Waals surface area contributed by atoms with E-state index in [9.17, 15) is 4.79 Å². The Kier molecular flexibility index (Phi) is 8.89. The van der Waals surface area contributed by atoms with E-state index in [-0.39, 0.29) is 31.9 Å². The highest BCUT2D eigenvalue weighted by molar-refractivity contribution is 6.35. The van der Waals surface area contributed by atoms with Crippen molar-refractivity contribution in [1.82, 2.24) is 0 Å². The number of benzene rings is 1. The van der Waals surface area contributed by atoms with E-state index in [0.717, 1.165) is 18.4 Å². The maximum absolute atomic E-state index is 12.2. The molecule has 1 unspecified atom stereocenters. The van der Waals surface area contributed by atoms with Crippen LogP contribution in [0.2, 0.25) is 5.79 Å². The van der Waals surface area contributed by atoms with E-state index < -0.39 is 0 Å². The summed E-state index contributed by atoms with van der Waals surface area (Å²) in [7, 11) is 1.51. The summed E-state index contributed by atoms with van der Waals surface area (Å²) in [5.41, 5.74) is 0.933. The topological polar surface area (TPSA) is 35.5 Å². The van der Waals surface area contributed by atoms with Gasteiger partial charge in [0.1, 0.15) is 0 Å². The third kappa shape index (κ3) is 6.84. The van der Waals surface area contributed by atoms with Crippen molar-refractivity contribution in [3.8, 4) is 0 Å². The highest BCUT2D eigenvalue weighted by Crippen LogP contribution is 2.12. The maximum atomic E-state index is 12.2. The summed E-state index contributed by atoms with van der Waals surface area (Å²) in [5, 5.41) is 0. The van der Waals surface area contributed by atoms with E-state index in [1.165, 1.54) is 20.0 Å². The van der Waals surface area contributed by atoms with Gasteiger partial charge in [-0.05, 0) is 18.1 Å². The average Bonchev–Trinajstić information content (AvgIpc) is 2.52. The van der Waals surface area contributed by atoms with E-state index >= 15 is 0 Å². The van der Waals surface area contributed by atoms with Gasteiger partial charge in [-0.1, -0.05) is 56.5 Å². The first-order chi connectivity index (χ1) is 10.2. The van der Waals surface area contributed by atoms with Gasteiger partial charge in [-0.15, -0.1) is 5.79 Å². The molecule has 21 heavy (non-hydrogen) atoms. The van der Waals surface area contributed by atoms with Crippen LogP contribution in [-0.4, -0.2) is 33.3 Å². The Morgan fingerprint density at radius 1 is 1.29 bits per heavy atom. The fourth-order valence-corrected chi connectivity index (χ4v) is 3.09. The van der Waals surface area contributed by atoms with Crippen LogP contribution in [0.1, 0.15) is 38.2 Å². The Labute approximate surface area is 134 Å². The number of methoxy groups -OCH3 is 1. The number of carbonyl (C=O) groups is 1. The highest BCUT2D eigenvalue weighted by atomic mass is 27.1. The molecule has 0 saturated heterocycles. The fraction of sp³-hybridized carbons (Fsp3) is 0.471. The van der Waals surface area contributed by atoms with Crippen molar-refractivity contribution in [1.29, 1.82) is 0 Å². The molecule has 4 heteroatoms. The lowest BCUT2D eigenvalue weighted by atomic mass is 10.2. The lowest BCUT2D eigenvalue weighted by Gasteiger charge is -2.16. The summed E-state index contributed by atoms with van der Waals surface area (Å²) < 4.78 is 10.8. The molecule has 0 aromatic heterocycles. The molecule has 0 N–H and O–H groups in total. The molecule has 0 fully saturated rings. The van der Waals surface area contributed by atoms with Crippen LogP contribution in [-0.2, 0) is 14.3 Å². The highest BCUT2D eigenvalue weighted by Gasteiger charge is 2.18. The zero-order chi connectivity index (χ0) is 15.5. The lowest BCUT2D eigenvalue weighted by Crippen LogP contribution is -2.24. The molecule has 1 aromatic carbocycles. The number of unbranched alkanes of at least 4 members (excludes halogenated alkanes) is 2. The van der Waals surface area contributed by atoms with E-state index in [0.29, 0.717) is 0 Å². The molecule has 1 aromatic rings. The molecule has 0 amide bonds. The Morgan fingerprint density at radius 2 is 2.00 bits per heavy atom. The van der Waals surface area contributed by atoms with Gasteiger partial charge in [0.05, 0.1) is 7.11 Å². The minimum absolute atomic E-state index is 0.110. The van der Waals surface area contributed by atoms with Gasteiger partial charge in [-0.25, -0.2) is 4.79 Å². The van der Waals surface area contributed by atoms with Crippen molar-refractivity contribution < 1.29 is 14.3 Å². The number of hydrogen-bond donors (Lipinski definition) is 0. The van der Waals surface area contributed by atoms with Crippen molar-refractivity contribution in [2.45, 2.75) is 43.4 Å². The summed E-state index contributed by atoms with van der Waals surface area (Å²) in [4.78, 5) is 12.3. The van der Waals surface area contributed by atoms with Crippen LogP contribution in [0.15, 0.2) is 36.1 Å². The summed E-state index contributed by atoms with van der Waals surface area (Å²) in [6.45, 7) is 2.18. The normalized spacial score (nSPS) is 12.6. The third-order valence-corrected chi connectivity index (χ3v) is 4.86. The monoisotopic (exact) mass is 304 g/mol. The van der Waals surface area contributed by atoms with Gasteiger partial charge in [0.2, 0.25) is 5.76 Å². The lowest BCUT2D eigenvalue weighted by molar-refractivity contribution is -0.144. The second-order valence-electron chi connectivity index (χ2n) is 5.05. The van der Waals surface area contributed by atoms with Gasteiger partial charge in [-0.2, -0.15) is 0 Å². The number of esters is 1. The summed E-state index contributed by atoms with van der Waals surface area (Å²) in [6.07, 6.45) is 6.20. The van der Waals surface area contributed by atoms with E-state index in [1.807, 2.05) is 30.3 Å². The van der Waals surface area contributed by atoms with Crippen LogP contribution in [0.25, 0.3) is 6.08 Å². The van der Waals surface area contributed by atoms with Crippen LogP contribution >= 0.6 is 0 Å². The van der Waals surface area contributed by atoms with E-state index in [2.05, 4.69) is 12.7 Å². The molecule has 0 saturated carbocycles. The molecule has 0 aliphatic carbocycles. The molecule has 1 rings (SSSR count). The van der Waals surface area contributed by atoms with Gasteiger partial charge in [0.15, 0.2) is 0 Å². The standard InChI is InChI=1S/C16H21O3.CH3.Al.H/c1-3-4-5-9-12-19-16(17)15(18-2)13-14-10-7-6-8-11-14;;;/h6-8,10-13H,3-5,9H2,1-2H3;1H3;;. The Bertz CT molecular complexity index is 443. The molecule has 114 valence electrons. The van der Waals surface area contributed by atoms with E-state index in [1.54, 1.807) is 6.08 Å². The van der Waals surface area contributed by atoms with Gasteiger partial charge in [-0.3, -0.25) is 0 Å². The molecule has 0 aliphatic rings. The summed E-state index contributed by atoms with van der Waals surface area (Å²) >= 11 is -0.379. The Hall–Kier alpha value is -1.24. The van der Waals surface area contributed by atoms with Crippen molar-refractivity contribution in [3.05, 3.63) is 41.7 Å². The molecule has 3 nitrogen and oxygen atoms in total. The third-order valence-electron chi connectivity index (χ3n) is 3.38. The second-order valence-corrected chi connectivity index (χ2v) is 6.78. The van der Waals surface area contributed by atoms with E-state index in [4.69, 9.17) is 9.47 Å². The maximum Gasteiger partial charge on any atom is 0.372 e. The molecular formula is C17H25AlO3. The minimum atomic E-state index is -0.379. The number of carbonyl (C=O) groups excluding carboxylic acids is 1. The van der Waals surface area contributed by atoms with Crippen molar-refractivity contribution in [2.75, 3.05) is 7.11 Å².